The van der Waals surface area contributed by atoms with Gasteiger partial charge in [-0.05, 0) is 35.4 Å². The van der Waals surface area contributed by atoms with Gasteiger partial charge in [-0.25, -0.2) is 4.98 Å². The minimum atomic E-state index is -0.250. The molecule has 7 heteroatoms. The molecule has 0 fully saturated rings. The Morgan fingerprint density at radius 2 is 1.11 bits per heavy atom. The first-order valence-corrected chi connectivity index (χ1v) is 9.30. The monoisotopic (exact) mass is 413 g/mol. The van der Waals surface area contributed by atoms with Crippen molar-refractivity contribution >= 4 is 46.7 Å². The topological polar surface area (TPSA) is 71.1 Å². The van der Waals surface area contributed by atoms with Gasteiger partial charge in [-0.3, -0.25) is 9.59 Å². The second-order valence-electron chi connectivity index (χ2n) is 6.04. The molecule has 0 radical (unpaired) electrons. The quantitative estimate of drug-likeness (QED) is 0.612. The lowest BCUT2D eigenvalue weighted by molar-refractivity contribution is -0.116. The van der Waals surface area contributed by atoms with E-state index >= 15 is 0 Å². The number of amides is 2. The Labute approximate surface area is 172 Å². The van der Waals surface area contributed by atoms with E-state index < -0.39 is 0 Å². The van der Waals surface area contributed by atoms with E-state index in [1.807, 2.05) is 12.1 Å². The van der Waals surface area contributed by atoms with Crippen LogP contribution in [0.15, 0.2) is 66.7 Å². The fourth-order valence-electron chi connectivity index (χ4n) is 2.58. The molecule has 0 bridgehead atoms. The SMILES string of the molecule is O=C(Cc1ccccc1Cl)Nc1cccc(NC(=O)Cc2ccccc2Cl)n1. The molecule has 5 nitrogen and oxygen atoms in total. The number of hydrogen-bond acceptors (Lipinski definition) is 3. The molecule has 0 aliphatic heterocycles. The summed E-state index contributed by atoms with van der Waals surface area (Å²) < 4.78 is 0. The van der Waals surface area contributed by atoms with Gasteiger partial charge in [-0.15, -0.1) is 0 Å². The largest absolute Gasteiger partial charge is 0.310 e. The molecule has 3 rings (SSSR count). The Kier molecular flexibility index (Phi) is 6.63. The number of carbonyl (C=O) groups is 2. The van der Waals surface area contributed by atoms with E-state index in [1.54, 1.807) is 54.6 Å². The molecule has 0 saturated carbocycles. The maximum atomic E-state index is 12.2. The summed E-state index contributed by atoms with van der Waals surface area (Å²) in [6.45, 7) is 0. The van der Waals surface area contributed by atoms with Crippen LogP contribution in [0, 0.1) is 0 Å². The fourth-order valence-corrected chi connectivity index (χ4v) is 2.98. The highest BCUT2D eigenvalue weighted by Crippen LogP contribution is 2.18. The number of nitrogens with one attached hydrogen (secondary N) is 2. The minimum absolute atomic E-state index is 0.129. The molecule has 2 aromatic carbocycles. The number of carbonyl (C=O) groups excluding carboxylic acids is 2. The van der Waals surface area contributed by atoms with E-state index in [2.05, 4.69) is 15.6 Å². The highest BCUT2D eigenvalue weighted by Gasteiger charge is 2.10. The van der Waals surface area contributed by atoms with E-state index in [4.69, 9.17) is 23.2 Å². The summed E-state index contributed by atoms with van der Waals surface area (Å²) in [6.07, 6.45) is 0.259. The van der Waals surface area contributed by atoms with Gasteiger partial charge in [-0.2, -0.15) is 0 Å². The Bertz CT molecular complexity index is 931. The van der Waals surface area contributed by atoms with Crippen LogP contribution >= 0.6 is 23.2 Å². The molecule has 0 saturated heterocycles. The Morgan fingerprint density at radius 1 is 0.679 bits per heavy atom. The van der Waals surface area contributed by atoms with Gasteiger partial charge in [0.25, 0.3) is 0 Å². The number of rotatable bonds is 6. The van der Waals surface area contributed by atoms with Crippen LogP contribution < -0.4 is 10.6 Å². The van der Waals surface area contributed by atoms with Crippen LogP contribution in [0.25, 0.3) is 0 Å². The zero-order chi connectivity index (χ0) is 19.9. The van der Waals surface area contributed by atoms with Crippen molar-refractivity contribution in [2.24, 2.45) is 0 Å². The van der Waals surface area contributed by atoms with Gasteiger partial charge in [-0.1, -0.05) is 65.7 Å². The maximum absolute atomic E-state index is 12.2. The van der Waals surface area contributed by atoms with Crippen molar-refractivity contribution < 1.29 is 9.59 Å². The minimum Gasteiger partial charge on any atom is -0.310 e. The summed E-state index contributed by atoms with van der Waals surface area (Å²) in [5.41, 5.74) is 1.46. The van der Waals surface area contributed by atoms with Crippen LogP contribution in [0.4, 0.5) is 11.6 Å². The number of benzene rings is 2. The molecule has 28 heavy (non-hydrogen) atoms. The molecular formula is C21H17Cl2N3O2. The van der Waals surface area contributed by atoms with Crippen LogP contribution in [0.1, 0.15) is 11.1 Å². The highest BCUT2D eigenvalue weighted by atomic mass is 35.5. The Balaban J connectivity index is 1.60. The molecule has 142 valence electrons. The van der Waals surface area contributed by atoms with Gasteiger partial charge in [0.2, 0.25) is 11.8 Å². The number of hydrogen-bond donors (Lipinski definition) is 2. The standard InChI is InChI=1S/C21H17Cl2N3O2/c22-16-8-3-1-6-14(16)12-20(27)25-18-10-5-11-19(24-18)26-21(28)13-15-7-2-4-9-17(15)23/h1-11H,12-13H2,(H2,24,25,26,27,28). The van der Waals surface area contributed by atoms with E-state index in [9.17, 15) is 9.59 Å². The molecule has 0 aliphatic carbocycles. The first-order valence-electron chi connectivity index (χ1n) is 8.55. The van der Waals surface area contributed by atoms with Crippen molar-refractivity contribution in [2.45, 2.75) is 12.8 Å². The smallest absolute Gasteiger partial charge is 0.230 e. The van der Waals surface area contributed by atoms with Crippen molar-refractivity contribution in [3.63, 3.8) is 0 Å². The molecule has 0 spiro atoms. The Hall–Kier alpha value is -2.89. The van der Waals surface area contributed by atoms with Crippen LogP contribution in [0.2, 0.25) is 10.0 Å². The summed E-state index contributed by atoms with van der Waals surface area (Å²) >= 11 is 12.2. The average Bonchev–Trinajstić information content (AvgIpc) is 2.66. The molecule has 2 amide bonds. The second-order valence-corrected chi connectivity index (χ2v) is 6.86. The molecule has 0 unspecified atom stereocenters. The molecule has 1 aromatic heterocycles. The van der Waals surface area contributed by atoms with E-state index in [1.165, 1.54) is 0 Å². The summed E-state index contributed by atoms with van der Waals surface area (Å²) in [5, 5.41) is 6.48. The molecular weight excluding hydrogens is 397 g/mol. The first kappa shape index (κ1) is 19.9. The predicted octanol–water partition coefficient (Wildman–Crippen LogP) is 4.75. The van der Waals surface area contributed by atoms with Gasteiger partial charge in [0.15, 0.2) is 0 Å². The number of aromatic nitrogens is 1. The fraction of sp³-hybridized carbons (Fsp3) is 0.0952. The zero-order valence-corrected chi connectivity index (χ0v) is 16.3. The highest BCUT2D eigenvalue weighted by molar-refractivity contribution is 6.31. The van der Waals surface area contributed by atoms with Crippen LogP contribution in [-0.2, 0) is 22.4 Å². The van der Waals surface area contributed by atoms with Crippen molar-refractivity contribution in [1.82, 2.24) is 4.98 Å². The molecule has 3 aromatic rings. The number of halogens is 2. The molecule has 2 N–H and O–H groups in total. The number of anilines is 2. The second kappa shape index (κ2) is 9.35. The van der Waals surface area contributed by atoms with E-state index in [-0.39, 0.29) is 24.7 Å². The predicted molar refractivity (Wildman–Crippen MR) is 112 cm³/mol. The van der Waals surface area contributed by atoms with E-state index in [0.29, 0.717) is 21.7 Å². The van der Waals surface area contributed by atoms with Crippen LogP contribution in [0.3, 0.4) is 0 Å². The zero-order valence-electron chi connectivity index (χ0n) is 14.8. The average molecular weight is 414 g/mol. The molecule has 1 heterocycles. The van der Waals surface area contributed by atoms with Gasteiger partial charge in [0.05, 0.1) is 12.8 Å². The van der Waals surface area contributed by atoms with Crippen LogP contribution in [-0.4, -0.2) is 16.8 Å². The lowest BCUT2D eigenvalue weighted by Crippen LogP contribution is -2.18. The normalized spacial score (nSPS) is 10.4. The molecule has 0 aliphatic rings. The molecule has 0 atom stereocenters. The summed E-state index contributed by atoms with van der Waals surface area (Å²) in [5.74, 6) is 0.181. The first-order chi connectivity index (χ1) is 13.5. The van der Waals surface area contributed by atoms with Crippen molar-refractivity contribution in [2.75, 3.05) is 10.6 Å². The lowest BCUT2D eigenvalue weighted by Gasteiger charge is -2.09. The summed E-state index contributed by atoms with van der Waals surface area (Å²) in [4.78, 5) is 28.7. The Morgan fingerprint density at radius 3 is 1.54 bits per heavy atom. The van der Waals surface area contributed by atoms with Crippen molar-refractivity contribution in [3.8, 4) is 0 Å². The van der Waals surface area contributed by atoms with Crippen molar-refractivity contribution in [1.29, 1.82) is 0 Å². The van der Waals surface area contributed by atoms with E-state index in [0.717, 1.165) is 11.1 Å². The maximum Gasteiger partial charge on any atom is 0.230 e. The van der Waals surface area contributed by atoms with Gasteiger partial charge in [0, 0.05) is 10.0 Å². The lowest BCUT2D eigenvalue weighted by atomic mass is 10.1. The van der Waals surface area contributed by atoms with Crippen molar-refractivity contribution in [3.05, 3.63) is 87.9 Å². The van der Waals surface area contributed by atoms with Gasteiger partial charge in [0.1, 0.15) is 11.6 Å². The van der Waals surface area contributed by atoms with Gasteiger partial charge < -0.3 is 10.6 Å². The number of nitrogens with zero attached hydrogens (tertiary/aromatic N) is 1. The summed E-state index contributed by atoms with van der Waals surface area (Å²) in [6, 6.07) is 19.3. The number of pyridine rings is 1. The van der Waals surface area contributed by atoms with Gasteiger partial charge >= 0.3 is 0 Å². The third-order valence-electron chi connectivity index (χ3n) is 3.90. The third kappa shape index (κ3) is 5.55. The third-order valence-corrected chi connectivity index (χ3v) is 4.64. The van der Waals surface area contributed by atoms with Crippen LogP contribution in [0.5, 0.6) is 0 Å². The summed E-state index contributed by atoms with van der Waals surface area (Å²) in [7, 11) is 0.